The number of carbonyl (C=O) groups excluding carboxylic acids is 1. The highest BCUT2D eigenvalue weighted by Gasteiger charge is 2.14. The molecule has 1 amide bonds. The smallest absolute Gasteiger partial charge is 0.221 e. The lowest BCUT2D eigenvalue weighted by molar-refractivity contribution is -0.114. The van der Waals surface area contributed by atoms with E-state index >= 15 is 0 Å². The number of hydrogen-bond acceptors (Lipinski definition) is 3. The van der Waals surface area contributed by atoms with Gasteiger partial charge >= 0.3 is 0 Å². The molecule has 1 aliphatic heterocycles. The van der Waals surface area contributed by atoms with Crippen LogP contribution in [0.5, 0.6) is 0 Å². The zero-order valence-electron chi connectivity index (χ0n) is 9.48. The first kappa shape index (κ1) is 11.1. The fourth-order valence-electron chi connectivity index (χ4n) is 1.89. The second-order valence-electron chi connectivity index (χ2n) is 4.12. The topological polar surface area (TPSA) is 56.2 Å². The van der Waals surface area contributed by atoms with Gasteiger partial charge in [-0.1, -0.05) is 0 Å². The molecule has 1 fully saturated rings. The van der Waals surface area contributed by atoms with E-state index in [1.807, 2.05) is 10.9 Å². The van der Waals surface area contributed by atoms with Gasteiger partial charge < -0.3 is 10.1 Å². The van der Waals surface area contributed by atoms with Gasteiger partial charge in [-0.3, -0.25) is 9.48 Å². The second kappa shape index (κ2) is 5.12. The maximum Gasteiger partial charge on any atom is 0.221 e. The van der Waals surface area contributed by atoms with E-state index < -0.39 is 0 Å². The summed E-state index contributed by atoms with van der Waals surface area (Å²) in [7, 11) is 0. The zero-order chi connectivity index (χ0) is 11.4. The molecule has 88 valence electrons. The number of nitrogens with one attached hydrogen (secondary N) is 1. The molecule has 0 unspecified atom stereocenters. The Hall–Kier alpha value is -1.36. The van der Waals surface area contributed by atoms with Crippen LogP contribution in [0.2, 0.25) is 0 Å². The van der Waals surface area contributed by atoms with Crippen molar-refractivity contribution >= 4 is 11.6 Å². The summed E-state index contributed by atoms with van der Waals surface area (Å²) in [5.41, 5.74) is 0.739. The lowest BCUT2D eigenvalue weighted by atomic mass is 10.1. The molecule has 1 N–H and O–H groups in total. The normalized spacial score (nSPS) is 20.7. The van der Waals surface area contributed by atoms with Crippen molar-refractivity contribution in [3.63, 3.8) is 0 Å². The van der Waals surface area contributed by atoms with Crippen LogP contribution in [-0.4, -0.2) is 28.4 Å². The maximum atomic E-state index is 10.8. The van der Waals surface area contributed by atoms with Gasteiger partial charge in [-0.25, -0.2) is 0 Å². The number of carbonyl (C=O) groups is 1. The number of ether oxygens (including phenoxy) is 1. The van der Waals surface area contributed by atoms with Crippen molar-refractivity contribution < 1.29 is 9.53 Å². The highest BCUT2D eigenvalue weighted by atomic mass is 16.5. The van der Waals surface area contributed by atoms with Crippen molar-refractivity contribution in [3.8, 4) is 0 Å². The van der Waals surface area contributed by atoms with Crippen molar-refractivity contribution in [1.29, 1.82) is 0 Å². The number of anilines is 1. The largest absolute Gasteiger partial charge is 0.376 e. The summed E-state index contributed by atoms with van der Waals surface area (Å²) in [4.78, 5) is 10.8. The summed E-state index contributed by atoms with van der Waals surface area (Å²) in [5, 5.41) is 6.88. The lowest BCUT2D eigenvalue weighted by Crippen LogP contribution is -2.24. The Morgan fingerprint density at radius 2 is 2.56 bits per heavy atom. The highest BCUT2D eigenvalue weighted by molar-refractivity contribution is 5.88. The van der Waals surface area contributed by atoms with Crippen LogP contribution in [0.4, 0.5) is 5.69 Å². The van der Waals surface area contributed by atoms with Crippen LogP contribution in [0.3, 0.4) is 0 Å². The van der Waals surface area contributed by atoms with Gasteiger partial charge in [0.05, 0.1) is 24.5 Å². The summed E-state index contributed by atoms with van der Waals surface area (Å²) in [5.74, 6) is -0.0755. The van der Waals surface area contributed by atoms with Crippen LogP contribution in [0.25, 0.3) is 0 Å². The molecule has 1 saturated heterocycles. The van der Waals surface area contributed by atoms with Crippen molar-refractivity contribution in [2.45, 2.75) is 38.8 Å². The second-order valence-corrected chi connectivity index (χ2v) is 4.12. The van der Waals surface area contributed by atoms with Crippen LogP contribution in [0, 0.1) is 0 Å². The van der Waals surface area contributed by atoms with Crippen molar-refractivity contribution in [1.82, 2.24) is 9.78 Å². The summed E-state index contributed by atoms with van der Waals surface area (Å²) in [6.45, 7) is 3.10. The standard InChI is InChI=1S/C11H17N3O2/c1-9(15)13-10-6-12-14(7-10)8-11-4-2-3-5-16-11/h6-7,11H,2-5,8H2,1H3,(H,13,15)/t11-/m1/s1. The van der Waals surface area contributed by atoms with Crippen LogP contribution >= 0.6 is 0 Å². The summed E-state index contributed by atoms with van der Waals surface area (Å²) >= 11 is 0. The van der Waals surface area contributed by atoms with Gasteiger partial charge in [0.1, 0.15) is 0 Å². The minimum Gasteiger partial charge on any atom is -0.376 e. The third-order valence-corrected chi connectivity index (χ3v) is 2.62. The van der Waals surface area contributed by atoms with Gasteiger partial charge in [0.2, 0.25) is 5.91 Å². The number of rotatable bonds is 3. The number of aromatic nitrogens is 2. The monoisotopic (exact) mass is 223 g/mol. The van der Waals surface area contributed by atoms with Gasteiger partial charge in [0, 0.05) is 19.7 Å². The van der Waals surface area contributed by atoms with Crippen molar-refractivity contribution in [3.05, 3.63) is 12.4 Å². The van der Waals surface area contributed by atoms with E-state index in [2.05, 4.69) is 10.4 Å². The van der Waals surface area contributed by atoms with Gasteiger partial charge in [-0.05, 0) is 19.3 Å². The Kier molecular flexibility index (Phi) is 3.56. The first-order chi connectivity index (χ1) is 7.74. The molecule has 1 atom stereocenters. The molecule has 0 aromatic carbocycles. The summed E-state index contributed by atoms with van der Waals surface area (Å²) in [6.07, 6.45) is 7.23. The fourth-order valence-corrected chi connectivity index (χ4v) is 1.89. The van der Waals surface area contributed by atoms with E-state index in [0.29, 0.717) is 0 Å². The van der Waals surface area contributed by atoms with Gasteiger partial charge in [-0.2, -0.15) is 5.10 Å². The quantitative estimate of drug-likeness (QED) is 0.843. The predicted molar refractivity (Wildman–Crippen MR) is 60.1 cm³/mol. The van der Waals surface area contributed by atoms with E-state index in [9.17, 15) is 4.79 Å². The minimum absolute atomic E-state index is 0.0755. The minimum atomic E-state index is -0.0755. The van der Waals surface area contributed by atoms with E-state index in [0.717, 1.165) is 31.7 Å². The molecule has 1 aromatic heterocycles. The van der Waals surface area contributed by atoms with E-state index in [4.69, 9.17) is 4.74 Å². The Morgan fingerprint density at radius 1 is 1.69 bits per heavy atom. The van der Waals surface area contributed by atoms with Crippen LogP contribution in [-0.2, 0) is 16.1 Å². The van der Waals surface area contributed by atoms with E-state index in [-0.39, 0.29) is 12.0 Å². The third kappa shape index (κ3) is 3.06. The maximum absolute atomic E-state index is 10.8. The van der Waals surface area contributed by atoms with Gasteiger partial charge in [-0.15, -0.1) is 0 Å². The molecule has 0 spiro atoms. The van der Waals surface area contributed by atoms with Crippen LogP contribution < -0.4 is 5.32 Å². The fraction of sp³-hybridized carbons (Fsp3) is 0.636. The zero-order valence-corrected chi connectivity index (χ0v) is 9.48. The van der Waals surface area contributed by atoms with Crippen LogP contribution in [0.1, 0.15) is 26.2 Å². The molecule has 0 aliphatic carbocycles. The molecule has 16 heavy (non-hydrogen) atoms. The third-order valence-electron chi connectivity index (χ3n) is 2.62. The number of amides is 1. The Balaban J connectivity index is 1.88. The molecular formula is C11H17N3O2. The molecule has 0 radical (unpaired) electrons. The van der Waals surface area contributed by atoms with E-state index in [1.165, 1.54) is 13.3 Å². The molecule has 5 heteroatoms. The van der Waals surface area contributed by atoms with E-state index in [1.54, 1.807) is 6.20 Å². The molecule has 2 rings (SSSR count). The Labute approximate surface area is 94.8 Å². The predicted octanol–water partition coefficient (Wildman–Crippen LogP) is 1.41. The molecule has 0 bridgehead atoms. The van der Waals surface area contributed by atoms with Crippen molar-refractivity contribution in [2.75, 3.05) is 11.9 Å². The number of hydrogen-bond donors (Lipinski definition) is 1. The van der Waals surface area contributed by atoms with Crippen molar-refractivity contribution in [2.24, 2.45) is 0 Å². The Morgan fingerprint density at radius 3 is 3.25 bits per heavy atom. The number of nitrogens with zero attached hydrogens (tertiary/aromatic N) is 2. The highest BCUT2D eigenvalue weighted by Crippen LogP contribution is 2.15. The average Bonchev–Trinajstić information content (AvgIpc) is 2.66. The van der Waals surface area contributed by atoms with Crippen LogP contribution in [0.15, 0.2) is 12.4 Å². The summed E-state index contributed by atoms with van der Waals surface area (Å²) < 4.78 is 7.44. The molecule has 2 heterocycles. The molecule has 5 nitrogen and oxygen atoms in total. The lowest BCUT2D eigenvalue weighted by Gasteiger charge is -2.22. The van der Waals surface area contributed by atoms with Gasteiger partial charge in [0.15, 0.2) is 0 Å². The molecule has 1 aromatic rings. The van der Waals surface area contributed by atoms with Gasteiger partial charge in [0.25, 0.3) is 0 Å². The first-order valence-electron chi connectivity index (χ1n) is 5.65. The average molecular weight is 223 g/mol. The summed E-state index contributed by atoms with van der Waals surface area (Å²) in [6, 6.07) is 0. The first-order valence-corrected chi connectivity index (χ1v) is 5.65. The molecule has 1 aliphatic rings. The molecule has 0 saturated carbocycles. The Bertz CT molecular complexity index is 356. The molecular weight excluding hydrogens is 206 g/mol. The SMILES string of the molecule is CC(=O)Nc1cnn(C[C@H]2CCCCO2)c1.